The van der Waals surface area contributed by atoms with Crippen LogP contribution >= 0.6 is 0 Å². The van der Waals surface area contributed by atoms with Crippen LogP contribution in [0.2, 0.25) is 0 Å². The van der Waals surface area contributed by atoms with Crippen LogP contribution in [0.15, 0.2) is 30.3 Å². The van der Waals surface area contributed by atoms with Gasteiger partial charge in [-0.2, -0.15) is 0 Å². The standard InChI is InChI=1S/C16H21NO3/c18-14(17-12-13-7-3-1-4-8-13)11-16(15(19)20)9-5-2-6-10-16/h1,3-4,7-8H,2,5-6,9-12H2,(H,17,18)(H,19,20). The molecule has 0 heterocycles. The lowest BCUT2D eigenvalue weighted by Gasteiger charge is -2.32. The third-order valence-electron chi connectivity index (χ3n) is 4.10. The smallest absolute Gasteiger partial charge is 0.310 e. The van der Waals surface area contributed by atoms with E-state index < -0.39 is 11.4 Å². The van der Waals surface area contributed by atoms with Crippen LogP contribution in [0, 0.1) is 5.41 Å². The van der Waals surface area contributed by atoms with Crippen LogP contribution in [0.1, 0.15) is 44.1 Å². The largest absolute Gasteiger partial charge is 0.481 e. The first kappa shape index (κ1) is 14.6. The molecule has 4 heteroatoms. The average Bonchev–Trinajstić information content (AvgIpc) is 2.47. The molecule has 1 amide bonds. The van der Waals surface area contributed by atoms with Crippen LogP contribution in [0.25, 0.3) is 0 Å². The highest BCUT2D eigenvalue weighted by Gasteiger charge is 2.41. The molecular weight excluding hydrogens is 254 g/mol. The van der Waals surface area contributed by atoms with Gasteiger partial charge in [-0.1, -0.05) is 49.6 Å². The van der Waals surface area contributed by atoms with Crippen molar-refractivity contribution in [2.24, 2.45) is 5.41 Å². The molecule has 0 unspecified atom stereocenters. The highest BCUT2D eigenvalue weighted by molar-refractivity contribution is 5.85. The third kappa shape index (κ3) is 3.59. The maximum atomic E-state index is 12.0. The minimum absolute atomic E-state index is 0.0924. The Morgan fingerprint density at radius 3 is 2.35 bits per heavy atom. The summed E-state index contributed by atoms with van der Waals surface area (Å²) in [5.74, 6) is -0.995. The second-order valence-corrected chi connectivity index (χ2v) is 5.59. The van der Waals surface area contributed by atoms with E-state index in [2.05, 4.69) is 5.32 Å². The summed E-state index contributed by atoms with van der Waals surface area (Å²) >= 11 is 0. The number of aliphatic carboxylic acids is 1. The molecule has 2 rings (SSSR count). The van der Waals surface area contributed by atoms with Crippen LogP contribution in [-0.2, 0) is 16.1 Å². The third-order valence-corrected chi connectivity index (χ3v) is 4.10. The van der Waals surface area contributed by atoms with Crippen molar-refractivity contribution < 1.29 is 14.7 Å². The Labute approximate surface area is 119 Å². The number of carboxylic acids is 1. The van der Waals surface area contributed by atoms with Crippen molar-refractivity contribution in [3.8, 4) is 0 Å². The van der Waals surface area contributed by atoms with Crippen molar-refractivity contribution in [2.75, 3.05) is 0 Å². The van der Waals surface area contributed by atoms with Gasteiger partial charge in [0.1, 0.15) is 0 Å². The lowest BCUT2D eigenvalue weighted by atomic mass is 9.71. The molecule has 1 saturated carbocycles. The lowest BCUT2D eigenvalue weighted by molar-refractivity contribution is -0.154. The van der Waals surface area contributed by atoms with E-state index in [1.165, 1.54) is 0 Å². The average molecular weight is 275 g/mol. The first-order valence-corrected chi connectivity index (χ1v) is 7.16. The highest BCUT2D eigenvalue weighted by atomic mass is 16.4. The molecule has 2 N–H and O–H groups in total. The molecule has 1 aliphatic rings. The van der Waals surface area contributed by atoms with E-state index in [4.69, 9.17) is 0 Å². The second kappa shape index (κ2) is 6.55. The number of nitrogens with one attached hydrogen (secondary N) is 1. The molecule has 0 aromatic heterocycles. The van der Waals surface area contributed by atoms with Crippen LogP contribution in [0.4, 0.5) is 0 Å². The van der Waals surface area contributed by atoms with Crippen molar-refractivity contribution in [1.82, 2.24) is 5.32 Å². The Kier molecular flexibility index (Phi) is 4.77. The van der Waals surface area contributed by atoms with Gasteiger partial charge in [0.15, 0.2) is 0 Å². The molecule has 0 aliphatic heterocycles. The summed E-state index contributed by atoms with van der Waals surface area (Å²) in [6, 6.07) is 9.64. The van der Waals surface area contributed by atoms with Crippen LogP contribution in [-0.4, -0.2) is 17.0 Å². The number of amides is 1. The second-order valence-electron chi connectivity index (χ2n) is 5.59. The van der Waals surface area contributed by atoms with E-state index in [1.54, 1.807) is 0 Å². The molecular formula is C16H21NO3. The minimum Gasteiger partial charge on any atom is -0.481 e. The van der Waals surface area contributed by atoms with E-state index in [0.29, 0.717) is 19.4 Å². The zero-order valence-corrected chi connectivity index (χ0v) is 11.6. The monoisotopic (exact) mass is 275 g/mol. The number of carbonyl (C=O) groups excluding carboxylic acids is 1. The molecule has 1 aromatic carbocycles. The zero-order valence-electron chi connectivity index (χ0n) is 11.6. The zero-order chi connectivity index (χ0) is 14.4. The Bertz CT molecular complexity index is 464. The summed E-state index contributed by atoms with van der Waals surface area (Å²) in [7, 11) is 0. The quantitative estimate of drug-likeness (QED) is 0.868. The number of hydrogen-bond donors (Lipinski definition) is 2. The fourth-order valence-electron chi connectivity index (χ4n) is 2.86. The normalized spacial score (nSPS) is 17.4. The molecule has 0 saturated heterocycles. The first-order chi connectivity index (χ1) is 9.62. The summed E-state index contributed by atoms with van der Waals surface area (Å²) < 4.78 is 0. The molecule has 1 aromatic rings. The van der Waals surface area contributed by atoms with Crippen molar-refractivity contribution in [2.45, 2.75) is 45.1 Å². The molecule has 0 radical (unpaired) electrons. The van der Waals surface area contributed by atoms with Crippen molar-refractivity contribution >= 4 is 11.9 Å². The molecule has 0 bridgehead atoms. The van der Waals surface area contributed by atoms with Crippen molar-refractivity contribution in [3.63, 3.8) is 0 Å². The molecule has 108 valence electrons. The summed E-state index contributed by atoms with van der Waals surface area (Å²) in [5.41, 5.74) is 0.174. The lowest BCUT2D eigenvalue weighted by Crippen LogP contribution is -2.39. The summed E-state index contributed by atoms with van der Waals surface area (Å²) in [6.07, 6.45) is 4.19. The van der Waals surface area contributed by atoms with E-state index in [1.807, 2.05) is 30.3 Å². The maximum Gasteiger partial charge on any atom is 0.310 e. The Morgan fingerprint density at radius 1 is 1.10 bits per heavy atom. The molecule has 20 heavy (non-hydrogen) atoms. The summed E-state index contributed by atoms with van der Waals surface area (Å²) in [4.78, 5) is 23.5. The Hall–Kier alpha value is -1.84. The molecule has 4 nitrogen and oxygen atoms in total. The first-order valence-electron chi connectivity index (χ1n) is 7.16. The van der Waals surface area contributed by atoms with Crippen molar-refractivity contribution in [1.29, 1.82) is 0 Å². The highest BCUT2D eigenvalue weighted by Crippen LogP contribution is 2.39. The van der Waals surface area contributed by atoms with Gasteiger partial charge < -0.3 is 10.4 Å². The predicted molar refractivity (Wildman–Crippen MR) is 76.1 cm³/mol. The predicted octanol–water partition coefficient (Wildman–Crippen LogP) is 2.73. The number of hydrogen-bond acceptors (Lipinski definition) is 2. The van der Waals surface area contributed by atoms with E-state index in [9.17, 15) is 14.7 Å². The van der Waals surface area contributed by atoms with Crippen LogP contribution in [0.5, 0.6) is 0 Å². The Balaban J connectivity index is 1.90. The van der Waals surface area contributed by atoms with Gasteiger partial charge in [-0.15, -0.1) is 0 Å². The van der Waals surface area contributed by atoms with Gasteiger partial charge >= 0.3 is 5.97 Å². The van der Waals surface area contributed by atoms with Gasteiger partial charge in [0.05, 0.1) is 5.41 Å². The molecule has 0 atom stereocenters. The maximum absolute atomic E-state index is 12.0. The molecule has 1 fully saturated rings. The van der Waals surface area contributed by atoms with E-state index in [-0.39, 0.29) is 12.3 Å². The molecule has 1 aliphatic carbocycles. The van der Waals surface area contributed by atoms with Crippen LogP contribution in [0.3, 0.4) is 0 Å². The number of rotatable bonds is 5. The van der Waals surface area contributed by atoms with Crippen LogP contribution < -0.4 is 5.32 Å². The number of carbonyl (C=O) groups is 2. The van der Waals surface area contributed by atoms with Gasteiger partial charge in [0, 0.05) is 13.0 Å². The summed E-state index contributed by atoms with van der Waals surface area (Å²) in [6.45, 7) is 0.454. The SMILES string of the molecule is O=C(CC1(C(=O)O)CCCCC1)NCc1ccccc1. The van der Waals surface area contributed by atoms with Gasteiger partial charge in [-0.3, -0.25) is 9.59 Å². The summed E-state index contributed by atoms with van der Waals surface area (Å²) in [5, 5.41) is 12.3. The fraction of sp³-hybridized carbons (Fsp3) is 0.500. The van der Waals surface area contributed by atoms with Gasteiger partial charge in [0.25, 0.3) is 0 Å². The fourth-order valence-corrected chi connectivity index (χ4v) is 2.86. The topological polar surface area (TPSA) is 66.4 Å². The van der Waals surface area contributed by atoms with Crippen molar-refractivity contribution in [3.05, 3.63) is 35.9 Å². The van der Waals surface area contributed by atoms with E-state index >= 15 is 0 Å². The Morgan fingerprint density at radius 2 is 1.75 bits per heavy atom. The minimum atomic E-state index is -0.848. The van der Waals surface area contributed by atoms with E-state index in [0.717, 1.165) is 24.8 Å². The number of carboxylic acid groups (broad SMARTS) is 1. The van der Waals surface area contributed by atoms with Gasteiger partial charge in [-0.05, 0) is 18.4 Å². The number of benzene rings is 1. The van der Waals surface area contributed by atoms with Gasteiger partial charge in [-0.25, -0.2) is 0 Å². The molecule has 0 spiro atoms. The van der Waals surface area contributed by atoms with Gasteiger partial charge in [0.2, 0.25) is 5.91 Å².